The van der Waals surface area contributed by atoms with Gasteiger partial charge in [0.2, 0.25) is 0 Å². The van der Waals surface area contributed by atoms with E-state index in [1.165, 1.54) is 0 Å². The van der Waals surface area contributed by atoms with Crippen molar-refractivity contribution in [2.45, 2.75) is 46.2 Å². The molecule has 7 aromatic carbocycles. The molecule has 0 fully saturated rings. The van der Waals surface area contributed by atoms with Crippen LogP contribution in [0.5, 0.6) is 0 Å². The average molecular weight is 1140 g/mol. The summed E-state index contributed by atoms with van der Waals surface area (Å²) in [6, 6.07) is 18.9. The monoisotopic (exact) mass is 1140 g/mol. The molecule has 80 heavy (non-hydrogen) atoms. The smallest absolute Gasteiger partial charge is 0.302 e. The van der Waals surface area contributed by atoms with Crippen molar-refractivity contribution in [2.75, 3.05) is 9.80 Å². The number of hydrogen-bond acceptors (Lipinski definition) is 2. The zero-order valence-corrected chi connectivity index (χ0v) is 41.1. The van der Waals surface area contributed by atoms with E-state index in [1.54, 1.807) is 54.6 Å². The molecule has 7 rings (SSSR count). The Kier molecular flexibility index (Phi) is 15.8. The van der Waals surface area contributed by atoms with E-state index in [-0.39, 0.29) is 16.0 Å². The second-order valence-corrected chi connectivity index (χ2v) is 17.8. The van der Waals surface area contributed by atoms with E-state index in [9.17, 15) is 39.5 Å². The van der Waals surface area contributed by atoms with E-state index in [0.717, 1.165) is 49.8 Å². The maximum absolute atomic E-state index is 18.1. The van der Waals surface area contributed by atoms with Gasteiger partial charge in [-0.2, -0.15) is 39.5 Å². The van der Waals surface area contributed by atoms with Crippen LogP contribution >= 0.6 is 0 Å². The van der Waals surface area contributed by atoms with Crippen molar-refractivity contribution in [2.24, 2.45) is 0 Å². The maximum Gasteiger partial charge on any atom is 0.422 e. The summed E-state index contributed by atoms with van der Waals surface area (Å²) in [4.78, 5) is -1.17. The van der Waals surface area contributed by atoms with Gasteiger partial charge < -0.3 is 4.90 Å². The van der Waals surface area contributed by atoms with Gasteiger partial charge in [-0.05, 0) is 78.8 Å². The number of allylic oxidation sites excluding steroid dienone is 4. The van der Waals surface area contributed by atoms with Gasteiger partial charge in [0.1, 0.15) is 28.1 Å². The molecule has 0 aliphatic rings. The quantitative estimate of drug-likeness (QED) is 0.0683. The molecule has 0 aliphatic heterocycles. The van der Waals surface area contributed by atoms with E-state index in [1.807, 2.05) is 0 Å². The molecular formula is C57H33F21N2. The van der Waals surface area contributed by atoms with Gasteiger partial charge in [-0.1, -0.05) is 110 Å². The highest BCUT2D eigenvalue weighted by atomic mass is 19.4. The van der Waals surface area contributed by atoms with Gasteiger partial charge in [-0.25, -0.2) is 52.7 Å². The summed E-state index contributed by atoms with van der Waals surface area (Å²) < 4.78 is 327. The Labute approximate surface area is 439 Å². The molecule has 0 saturated carbocycles. The molecule has 418 valence electrons. The van der Waals surface area contributed by atoms with Crippen molar-refractivity contribution in [1.29, 1.82) is 0 Å². The third kappa shape index (κ3) is 10.3. The first kappa shape index (κ1) is 59.3. The predicted molar refractivity (Wildman–Crippen MR) is 259 cm³/mol. The van der Waals surface area contributed by atoms with Crippen LogP contribution in [0.15, 0.2) is 110 Å². The highest BCUT2D eigenvalue weighted by molar-refractivity contribution is 5.97. The van der Waals surface area contributed by atoms with E-state index >= 15 is 52.7 Å². The number of benzene rings is 7. The summed E-state index contributed by atoms with van der Waals surface area (Å²) in [5, 5.41) is 0. The van der Waals surface area contributed by atoms with E-state index in [0.29, 0.717) is 31.1 Å². The van der Waals surface area contributed by atoms with Crippen LogP contribution in [0.4, 0.5) is 126 Å². The number of halogens is 21. The van der Waals surface area contributed by atoms with E-state index in [2.05, 4.69) is 19.7 Å². The van der Waals surface area contributed by atoms with Crippen molar-refractivity contribution in [3.05, 3.63) is 219 Å². The molecule has 0 aromatic heterocycles. The Morgan fingerprint density at radius 1 is 0.375 bits per heavy atom. The Balaban J connectivity index is 1.71. The minimum absolute atomic E-state index is 0.178. The minimum Gasteiger partial charge on any atom is -0.302 e. The molecule has 23 heteroatoms. The molecule has 0 N–H and O–H groups in total. The van der Waals surface area contributed by atoms with Gasteiger partial charge in [0, 0.05) is 16.8 Å². The first-order chi connectivity index (χ1) is 37.1. The summed E-state index contributed by atoms with van der Waals surface area (Å²) in [5.41, 5.74) is -27.0. The number of alkyl halides is 9. The SMILES string of the molecule is C=C(C)/C=C/c1c(C(=C)C)c(N(c2ccc(-c3ccc(-c4ccccc4)cc3)cc2)c2c(F)c(F)c(C(F)(F)F)c(F)c2F)c(F)c(F)c1N(c1c(C)c(C(=C)C)c(C(F)(F)F)c(F)c1F)c1c(F)c(F)c(C(F)(F)F)c(F)c1F. The fourth-order valence-corrected chi connectivity index (χ4v) is 8.91. The molecular weight excluding hydrogens is 1110 g/mol. The largest absolute Gasteiger partial charge is 0.422 e. The van der Waals surface area contributed by atoms with Crippen molar-refractivity contribution in [1.82, 2.24) is 0 Å². The highest BCUT2D eigenvalue weighted by Gasteiger charge is 2.49. The lowest BCUT2D eigenvalue weighted by atomic mass is 9.90. The Bertz CT molecular complexity index is 3660. The fraction of sp³-hybridized carbons (Fsp3) is 0.123. The van der Waals surface area contributed by atoms with Gasteiger partial charge in [-0.15, -0.1) is 0 Å². The molecule has 0 heterocycles. The van der Waals surface area contributed by atoms with Crippen LogP contribution in [-0.4, -0.2) is 0 Å². The lowest BCUT2D eigenvalue weighted by molar-refractivity contribution is -0.144. The third-order valence-electron chi connectivity index (χ3n) is 12.3. The van der Waals surface area contributed by atoms with Crippen LogP contribution in [0.25, 0.3) is 39.5 Å². The maximum atomic E-state index is 18.1. The Morgan fingerprint density at radius 2 is 0.700 bits per heavy atom. The summed E-state index contributed by atoms with van der Waals surface area (Å²) in [7, 11) is 0. The van der Waals surface area contributed by atoms with Crippen molar-refractivity contribution in [3.8, 4) is 22.3 Å². The van der Waals surface area contributed by atoms with Gasteiger partial charge in [0.15, 0.2) is 69.8 Å². The standard InChI is InChI=1S/C57H33F21N2/c1-23(2)13-22-32-34(25(5)6)52(79(53-44(64)39(59)36(56(73,74)75)40(60)45(53)65)31-20-18-30(19-21-31)29-16-14-28(15-17-29)27-11-9-8-10-12-27)49(69)48(68)51(32)80(54-46(66)41(61)37(57(76,77)78)42(62)47(54)67)50-26(7)33(24(3)4)35(55(70,71)72)38(58)43(50)63/h8-22H,1,3,5H2,2,4,6-7H3/b22-13+. The second-order valence-electron chi connectivity index (χ2n) is 17.8. The molecule has 2 nitrogen and oxygen atoms in total. The zero-order valence-electron chi connectivity index (χ0n) is 41.1. The average Bonchev–Trinajstić information content (AvgIpc) is 3.36. The summed E-state index contributed by atoms with van der Waals surface area (Å²) >= 11 is 0. The molecule has 0 amide bonds. The second kappa shape index (κ2) is 21.4. The third-order valence-corrected chi connectivity index (χ3v) is 12.3. The van der Waals surface area contributed by atoms with Crippen LogP contribution in [0.3, 0.4) is 0 Å². The van der Waals surface area contributed by atoms with E-state index in [4.69, 9.17) is 0 Å². The molecule has 0 saturated heterocycles. The van der Waals surface area contributed by atoms with Gasteiger partial charge in [-0.3, -0.25) is 4.90 Å². The van der Waals surface area contributed by atoms with Crippen LogP contribution < -0.4 is 9.80 Å². The minimum atomic E-state index is -6.36. The lowest BCUT2D eigenvalue weighted by Crippen LogP contribution is -2.27. The predicted octanol–water partition coefficient (Wildman–Crippen LogP) is 20.6. The van der Waals surface area contributed by atoms with Gasteiger partial charge >= 0.3 is 18.5 Å². The zero-order chi connectivity index (χ0) is 59.7. The lowest BCUT2D eigenvalue weighted by Gasteiger charge is -2.35. The Hall–Kier alpha value is -8.37. The number of hydrogen-bond donors (Lipinski definition) is 0. The number of anilines is 6. The molecule has 0 spiro atoms. The molecule has 0 atom stereocenters. The fourth-order valence-electron chi connectivity index (χ4n) is 8.91. The highest BCUT2D eigenvalue weighted by Crippen LogP contribution is 2.56. The van der Waals surface area contributed by atoms with Crippen molar-refractivity contribution >= 4 is 51.3 Å². The van der Waals surface area contributed by atoms with Crippen LogP contribution in [0, 0.1) is 76.7 Å². The van der Waals surface area contributed by atoms with Gasteiger partial charge in [0.25, 0.3) is 0 Å². The molecule has 0 bridgehead atoms. The number of nitrogens with zero attached hydrogens (tertiary/aromatic N) is 2. The summed E-state index contributed by atoms with van der Waals surface area (Å²) in [5.74, 6) is -37.4. The topological polar surface area (TPSA) is 6.48 Å². The molecule has 7 aromatic rings. The van der Waals surface area contributed by atoms with Gasteiger partial charge in [0.05, 0.1) is 17.1 Å². The number of rotatable bonds is 12. The van der Waals surface area contributed by atoms with E-state index < -0.39 is 177 Å². The Morgan fingerprint density at radius 3 is 1.07 bits per heavy atom. The summed E-state index contributed by atoms with van der Waals surface area (Å²) in [6.45, 7) is 13.3. The van der Waals surface area contributed by atoms with Crippen molar-refractivity contribution in [3.63, 3.8) is 0 Å². The summed E-state index contributed by atoms with van der Waals surface area (Å²) in [6.07, 6.45) is -17.3. The van der Waals surface area contributed by atoms with Crippen LogP contribution in [-0.2, 0) is 18.5 Å². The first-order valence-corrected chi connectivity index (χ1v) is 22.6. The molecule has 0 unspecified atom stereocenters. The first-order valence-electron chi connectivity index (χ1n) is 22.6. The van der Waals surface area contributed by atoms with Crippen molar-refractivity contribution < 1.29 is 92.2 Å². The molecule has 0 radical (unpaired) electrons. The van der Waals surface area contributed by atoms with Crippen LogP contribution in [0.1, 0.15) is 59.7 Å². The normalized spacial score (nSPS) is 12.2. The van der Waals surface area contributed by atoms with Crippen LogP contribution in [0.2, 0.25) is 0 Å². The molecule has 0 aliphatic carbocycles.